The van der Waals surface area contributed by atoms with Crippen LogP contribution in [0.3, 0.4) is 0 Å². The molecule has 4 nitrogen and oxygen atoms in total. The third kappa shape index (κ3) is 3.22. The van der Waals surface area contributed by atoms with E-state index in [2.05, 4.69) is 5.32 Å². The number of methoxy groups -OCH3 is 1. The van der Waals surface area contributed by atoms with Crippen LogP contribution in [-0.4, -0.2) is 18.2 Å². The number of carboxylic acids is 1. The normalized spacial score (nSPS) is 11.7. The Bertz CT molecular complexity index is 616. The molecule has 104 valence electrons. The van der Waals surface area contributed by atoms with Gasteiger partial charge in [-0.25, -0.2) is 4.79 Å². The number of hydrogen-bond acceptors (Lipinski definition) is 3. The highest BCUT2D eigenvalue weighted by atomic mass is 35.5. The predicted octanol–water partition coefficient (Wildman–Crippen LogP) is 3.59. The molecule has 2 aromatic carbocycles. The topological polar surface area (TPSA) is 58.6 Å². The van der Waals surface area contributed by atoms with Gasteiger partial charge in [-0.2, -0.15) is 0 Å². The summed E-state index contributed by atoms with van der Waals surface area (Å²) in [5, 5.41) is 12.8. The standard InChI is InChI=1S/C15H14ClNO3/c1-20-11-6-4-5-10(9-11)14(15(18)19)17-13-8-3-2-7-12(13)16/h2-9,14,17H,1H3,(H,18,19). The van der Waals surface area contributed by atoms with Crippen LogP contribution in [0.2, 0.25) is 5.02 Å². The lowest BCUT2D eigenvalue weighted by molar-refractivity contribution is -0.138. The SMILES string of the molecule is COc1cccc(C(Nc2ccccc2Cl)C(=O)O)c1. The van der Waals surface area contributed by atoms with E-state index in [1.165, 1.54) is 7.11 Å². The number of rotatable bonds is 5. The van der Waals surface area contributed by atoms with Crippen molar-refractivity contribution in [2.75, 3.05) is 12.4 Å². The third-order valence-electron chi connectivity index (χ3n) is 2.85. The third-order valence-corrected chi connectivity index (χ3v) is 3.18. The number of anilines is 1. The first-order valence-electron chi connectivity index (χ1n) is 5.99. The minimum Gasteiger partial charge on any atom is -0.497 e. The summed E-state index contributed by atoms with van der Waals surface area (Å²) in [6.07, 6.45) is 0. The highest BCUT2D eigenvalue weighted by Crippen LogP contribution is 2.27. The molecule has 0 radical (unpaired) electrons. The molecule has 0 aliphatic carbocycles. The van der Waals surface area contributed by atoms with Crippen molar-refractivity contribution >= 4 is 23.3 Å². The van der Waals surface area contributed by atoms with Gasteiger partial charge in [0.2, 0.25) is 0 Å². The average molecular weight is 292 g/mol. The Morgan fingerprint density at radius 3 is 2.65 bits per heavy atom. The van der Waals surface area contributed by atoms with Gasteiger partial charge >= 0.3 is 5.97 Å². The van der Waals surface area contributed by atoms with E-state index in [1.807, 2.05) is 0 Å². The summed E-state index contributed by atoms with van der Waals surface area (Å²) in [6, 6.07) is 13.0. The molecule has 0 saturated carbocycles. The summed E-state index contributed by atoms with van der Waals surface area (Å²) >= 11 is 6.04. The summed E-state index contributed by atoms with van der Waals surface area (Å²) < 4.78 is 5.11. The Balaban J connectivity index is 2.32. The summed E-state index contributed by atoms with van der Waals surface area (Å²) in [5.74, 6) is -0.382. The van der Waals surface area contributed by atoms with Crippen LogP contribution in [0.25, 0.3) is 0 Å². The van der Waals surface area contributed by atoms with Crippen LogP contribution in [0, 0.1) is 0 Å². The minimum atomic E-state index is -0.988. The van der Waals surface area contributed by atoms with E-state index < -0.39 is 12.0 Å². The van der Waals surface area contributed by atoms with Gasteiger partial charge in [-0.1, -0.05) is 35.9 Å². The van der Waals surface area contributed by atoms with E-state index in [9.17, 15) is 9.90 Å². The molecule has 0 saturated heterocycles. The van der Waals surface area contributed by atoms with Gasteiger partial charge in [0.1, 0.15) is 5.75 Å². The van der Waals surface area contributed by atoms with Crippen LogP contribution in [0.1, 0.15) is 11.6 Å². The molecule has 0 spiro atoms. The quantitative estimate of drug-likeness (QED) is 0.884. The fourth-order valence-corrected chi connectivity index (χ4v) is 2.03. The van der Waals surface area contributed by atoms with E-state index in [0.29, 0.717) is 22.0 Å². The van der Waals surface area contributed by atoms with Crippen molar-refractivity contribution < 1.29 is 14.6 Å². The predicted molar refractivity (Wildman–Crippen MR) is 78.4 cm³/mol. The molecule has 1 unspecified atom stereocenters. The van der Waals surface area contributed by atoms with Gasteiger partial charge in [-0.05, 0) is 29.8 Å². The molecule has 0 bridgehead atoms. The van der Waals surface area contributed by atoms with E-state index >= 15 is 0 Å². The molecule has 2 N–H and O–H groups in total. The monoisotopic (exact) mass is 291 g/mol. The Morgan fingerprint density at radius 2 is 2.00 bits per heavy atom. The van der Waals surface area contributed by atoms with Crippen LogP contribution in [-0.2, 0) is 4.79 Å². The maximum absolute atomic E-state index is 11.5. The second-order valence-corrected chi connectivity index (χ2v) is 4.58. The maximum Gasteiger partial charge on any atom is 0.330 e. The summed E-state index contributed by atoms with van der Waals surface area (Å²) in [5.41, 5.74) is 1.17. The summed E-state index contributed by atoms with van der Waals surface area (Å²) in [6.45, 7) is 0. The van der Waals surface area contributed by atoms with E-state index in [-0.39, 0.29) is 0 Å². The van der Waals surface area contributed by atoms with Gasteiger partial charge in [0.05, 0.1) is 17.8 Å². The van der Waals surface area contributed by atoms with Crippen molar-refractivity contribution in [3.8, 4) is 5.75 Å². The number of halogens is 1. The molecule has 0 heterocycles. The Labute approximate surface area is 122 Å². The molecule has 0 aliphatic rings. The lowest BCUT2D eigenvalue weighted by Gasteiger charge is -2.17. The van der Waals surface area contributed by atoms with Crippen LogP contribution in [0.4, 0.5) is 5.69 Å². The zero-order chi connectivity index (χ0) is 14.5. The van der Waals surface area contributed by atoms with Gasteiger partial charge < -0.3 is 15.2 Å². The smallest absolute Gasteiger partial charge is 0.330 e. The molecule has 0 aromatic heterocycles. The zero-order valence-electron chi connectivity index (χ0n) is 10.8. The molecule has 2 aromatic rings. The molecular formula is C15H14ClNO3. The van der Waals surface area contributed by atoms with E-state index in [0.717, 1.165) is 0 Å². The van der Waals surface area contributed by atoms with Crippen LogP contribution in [0.5, 0.6) is 5.75 Å². The highest BCUT2D eigenvalue weighted by molar-refractivity contribution is 6.33. The first-order chi connectivity index (χ1) is 9.61. The fourth-order valence-electron chi connectivity index (χ4n) is 1.84. The number of benzene rings is 2. The number of nitrogens with one attached hydrogen (secondary N) is 1. The summed E-state index contributed by atoms with van der Waals surface area (Å²) in [7, 11) is 1.54. The van der Waals surface area contributed by atoms with Crippen molar-refractivity contribution in [2.45, 2.75) is 6.04 Å². The number of hydrogen-bond donors (Lipinski definition) is 2. The highest BCUT2D eigenvalue weighted by Gasteiger charge is 2.20. The second kappa shape index (κ2) is 6.30. The molecule has 2 rings (SSSR count). The molecule has 0 aliphatic heterocycles. The van der Waals surface area contributed by atoms with Crippen LogP contribution in [0.15, 0.2) is 48.5 Å². The number of ether oxygens (including phenoxy) is 1. The lowest BCUT2D eigenvalue weighted by Crippen LogP contribution is -2.20. The Hall–Kier alpha value is -2.20. The zero-order valence-corrected chi connectivity index (χ0v) is 11.6. The maximum atomic E-state index is 11.5. The first kappa shape index (κ1) is 14.2. The van der Waals surface area contributed by atoms with Gasteiger partial charge in [0.25, 0.3) is 0 Å². The van der Waals surface area contributed by atoms with Crippen LogP contribution >= 0.6 is 11.6 Å². The van der Waals surface area contributed by atoms with Gasteiger partial charge in [-0.3, -0.25) is 0 Å². The Morgan fingerprint density at radius 1 is 1.25 bits per heavy atom. The molecule has 0 amide bonds. The molecular weight excluding hydrogens is 278 g/mol. The lowest BCUT2D eigenvalue weighted by atomic mass is 10.1. The first-order valence-corrected chi connectivity index (χ1v) is 6.37. The van der Waals surface area contributed by atoms with Crippen molar-refractivity contribution in [1.82, 2.24) is 0 Å². The summed E-state index contributed by atoms with van der Waals surface area (Å²) in [4.78, 5) is 11.5. The van der Waals surface area contributed by atoms with Crippen molar-refractivity contribution in [1.29, 1.82) is 0 Å². The van der Waals surface area contributed by atoms with Crippen molar-refractivity contribution in [2.24, 2.45) is 0 Å². The van der Waals surface area contributed by atoms with Gasteiger partial charge in [0.15, 0.2) is 6.04 Å². The van der Waals surface area contributed by atoms with Gasteiger partial charge in [-0.15, -0.1) is 0 Å². The molecule has 1 atom stereocenters. The van der Waals surface area contributed by atoms with E-state index in [4.69, 9.17) is 16.3 Å². The average Bonchev–Trinajstić information content (AvgIpc) is 2.46. The fraction of sp³-hybridized carbons (Fsp3) is 0.133. The Kier molecular flexibility index (Phi) is 4.48. The second-order valence-electron chi connectivity index (χ2n) is 4.17. The van der Waals surface area contributed by atoms with E-state index in [1.54, 1.807) is 48.5 Å². The van der Waals surface area contributed by atoms with Crippen LogP contribution < -0.4 is 10.1 Å². The number of carbonyl (C=O) groups is 1. The number of para-hydroxylation sites is 1. The largest absolute Gasteiger partial charge is 0.497 e. The molecule has 0 fully saturated rings. The number of carboxylic acid groups (broad SMARTS) is 1. The van der Waals surface area contributed by atoms with Crippen molar-refractivity contribution in [3.05, 3.63) is 59.1 Å². The minimum absolute atomic E-state index is 0.474. The molecule has 5 heteroatoms. The molecule has 20 heavy (non-hydrogen) atoms. The van der Waals surface area contributed by atoms with Crippen molar-refractivity contribution in [3.63, 3.8) is 0 Å². The number of aliphatic carboxylic acids is 1. The van der Waals surface area contributed by atoms with Gasteiger partial charge in [0, 0.05) is 0 Å².